The molecule has 6 nitrogen and oxygen atoms in total. The molecular formula is C20H21Cl2FN4O2S2. The van der Waals surface area contributed by atoms with E-state index in [0.29, 0.717) is 38.9 Å². The van der Waals surface area contributed by atoms with Crippen LogP contribution in [0, 0.1) is 5.82 Å². The van der Waals surface area contributed by atoms with E-state index in [1.54, 1.807) is 34.9 Å². The highest BCUT2D eigenvalue weighted by Crippen LogP contribution is 2.30. The quantitative estimate of drug-likeness (QED) is 0.384. The standard InChI is InChI=1S/C20H21Cl2FN4O2S2/c1-2-3-10-31(28,29)24-12-19-25-26-20(30-13-14-4-7-16(23)8-5-14)27(19)18-9-6-15(21)11-17(18)22/h4-9,11,24H,2-3,10,12-13H2,1H3. The lowest BCUT2D eigenvalue weighted by molar-refractivity contribution is 0.575. The van der Waals surface area contributed by atoms with Crippen LogP contribution in [-0.2, 0) is 22.3 Å². The Kier molecular flexibility index (Phi) is 8.35. The van der Waals surface area contributed by atoms with Gasteiger partial charge in [0.1, 0.15) is 5.82 Å². The first-order valence-electron chi connectivity index (χ1n) is 9.53. The minimum atomic E-state index is -3.44. The van der Waals surface area contributed by atoms with Crippen LogP contribution >= 0.6 is 35.0 Å². The van der Waals surface area contributed by atoms with E-state index >= 15 is 0 Å². The second-order valence-electron chi connectivity index (χ2n) is 6.74. The Morgan fingerprint density at radius 2 is 1.87 bits per heavy atom. The van der Waals surface area contributed by atoms with Gasteiger partial charge in [0.05, 0.1) is 23.0 Å². The molecule has 0 fully saturated rings. The third kappa shape index (κ3) is 6.66. The zero-order valence-electron chi connectivity index (χ0n) is 16.7. The van der Waals surface area contributed by atoms with Gasteiger partial charge in [0.2, 0.25) is 10.0 Å². The van der Waals surface area contributed by atoms with Crippen molar-refractivity contribution in [3.8, 4) is 5.69 Å². The molecular weight excluding hydrogens is 482 g/mol. The molecule has 1 N–H and O–H groups in total. The van der Waals surface area contributed by atoms with Crippen LogP contribution in [0.1, 0.15) is 31.2 Å². The molecule has 166 valence electrons. The first-order chi connectivity index (χ1) is 14.8. The maximum absolute atomic E-state index is 13.2. The Hall–Kier alpha value is -1.65. The summed E-state index contributed by atoms with van der Waals surface area (Å²) in [6.45, 7) is 1.90. The van der Waals surface area contributed by atoms with E-state index in [1.807, 2.05) is 6.92 Å². The normalized spacial score (nSPS) is 11.7. The maximum Gasteiger partial charge on any atom is 0.212 e. The Balaban J connectivity index is 1.89. The summed E-state index contributed by atoms with van der Waals surface area (Å²) in [5.41, 5.74) is 1.49. The van der Waals surface area contributed by atoms with Gasteiger partial charge in [-0.1, -0.05) is 60.4 Å². The number of aromatic nitrogens is 3. The topological polar surface area (TPSA) is 76.9 Å². The van der Waals surface area contributed by atoms with E-state index in [4.69, 9.17) is 23.2 Å². The van der Waals surface area contributed by atoms with E-state index in [2.05, 4.69) is 14.9 Å². The molecule has 31 heavy (non-hydrogen) atoms. The molecule has 0 saturated heterocycles. The zero-order valence-corrected chi connectivity index (χ0v) is 19.8. The number of halogens is 3. The molecule has 0 aliphatic carbocycles. The largest absolute Gasteiger partial charge is 0.271 e. The number of hydrogen-bond acceptors (Lipinski definition) is 5. The number of sulfonamides is 1. The molecule has 1 aromatic heterocycles. The average molecular weight is 503 g/mol. The molecule has 0 bridgehead atoms. The first-order valence-corrected chi connectivity index (χ1v) is 12.9. The van der Waals surface area contributed by atoms with E-state index in [1.165, 1.54) is 23.9 Å². The second-order valence-corrected chi connectivity index (χ2v) is 10.5. The van der Waals surface area contributed by atoms with Crippen molar-refractivity contribution in [2.45, 2.75) is 37.2 Å². The number of rotatable bonds is 10. The molecule has 0 amide bonds. The van der Waals surface area contributed by atoms with Crippen molar-refractivity contribution < 1.29 is 12.8 Å². The maximum atomic E-state index is 13.2. The molecule has 0 spiro atoms. The second kappa shape index (κ2) is 10.8. The molecule has 3 aromatic rings. The summed E-state index contributed by atoms with van der Waals surface area (Å²) in [4.78, 5) is 0. The number of thioether (sulfide) groups is 1. The fraction of sp³-hybridized carbons (Fsp3) is 0.300. The van der Waals surface area contributed by atoms with Crippen LogP contribution in [0.15, 0.2) is 47.6 Å². The molecule has 11 heteroatoms. The van der Waals surface area contributed by atoms with E-state index in [0.717, 1.165) is 12.0 Å². The lowest BCUT2D eigenvalue weighted by atomic mass is 10.2. The lowest BCUT2D eigenvalue weighted by Crippen LogP contribution is -2.27. The van der Waals surface area contributed by atoms with Gasteiger partial charge in [-0.15, -0.1) is 10.2 Å². The van der Waals surface area contributed by atoms with E-state index in [-0.39, 0.29) is 18.1 Å². The lowest BCUT2D eigenvalue weighted by Gasteiger charge is -2.13. The molecule has 2 aromatic carbocycles. The van der Waals surface area contributed by atoms with Crippen molar-refractivity contribution in [3.63, 3.8) is 0 Å². The molecule has 0 atom stereocenters. The fourth-order valence-electron chi connectivity index (χ4n) is 2.72. The summed E-state index contributed by atoms with van der Waals surface area (Å²) in [6, 6.07) is 11.2. The van der Waals surface area contributed by atoms with Gasteiger partial charge in [-0.3, -0.25) is 4.57 Å². The minimum absolute atomic E-state index is 0.0326. The van der Waals surface area contributed by atoms with Crippen molar-refractivity contribution in [2.75, 3.05) is 5.75 Å². The Labute approximate surface area is 195 Å². The summed E-state index contributed by atoms with van der Waals surface area (Å²) in [5, 5.41) is 9.79. The van der Waals surface area contributed by atoms with Gasteiger partial charge in [0.25, 0.3) is 0 Å². The van der Waals surface area contributed by atoms with Crippen LogP contribution in [0.4, 0.5) is 4.39 Å². The van der Waals surface area contributed by atoms with Crippen molar-refractivity contribution in [3.05, 3.63) is 69.7 Å². The molecule has 0 aliphatic heterocycles. The van der Waals surface area contributed by atoms with Crippen molar-refractivity contribution in [1.29, 1.82) is 0 Å². The van der Waals surface area contributed by atoms with E-state index in [9.17, 15) is 12.8 Å². The van der Waals surface area contributed by atoms with Crippen LogP contribution in [0.5, 0.6) is 0 Å². The minimum Gasteiger partial charge on any atom is -0.271 e. The van der Waals surface area contributed by atoms with E-state index < -0.39 is 10.0 Å². The zero-order chi connectivity index (χ0) is 22.4. The van der Waals surface area contributed by atoms with Crippen LogP contribution in [0.3, 0.4) is 0 Å². The number of unbranched alkanes of at least 4 members (excludes halogenated alkanes) is 1. The molecule has 0 radical (unpaired) electrons. The first kappa shape index (κ1) is 24.0. The Morgan fingerprint density at radius 1 is 1.13 bits per heavy atom. The highest BCUT2D eigenvalue weighted by molar-refractivity contribution is 7.98. The van der Waals surface area contributed by atoms with Crippen molar-refractivity contribution in [2.24, 2.45) is 0 Å². The molecule has 0 aliphatic rings. The third-order valence-corrected chi connectivity index (χ3v) is 7.30. The van der Waals surface area contributed by atoms with Gasteiger partial charge in [-0.25, -0.2) is 17.5 Å². The van der Waals surface area contributed by atoms with Crippen LogP contribution in [-0.4, -0.2) is 28.9 Å². The number of nitrogens with one attached hydrogen (secondary N) is 1. The average Bonchev–Trinajstić information content (AvgIpc) is 3.13. The van der Waals surface area contributed by atoms with Crippen LogP contribution in [0.25, 0.3) is 5.69 Å². The number of hydrogen-bond donors (Lipinski definition) is 1. The molecule has 3 rings (SSSR count). The van der Waals surface area contributed by atoms with Gasteiger partial charge < -0.3 is 0 Å². The highest BCUT2D eigenvalue weighted by Gasteiger charge is 2.19. The number of benzene rings is 2. The predicted molar refractivity (Wildman–Crippen MR) is 123 cm³/mol. The van der Waals surface area contributed by atoms with Crippen LogP contribution < -0.4 is 4.72 Å². The highest BCUT2D eigenvalue weighted by atomic mass is 35.5. The molecule has 1 heterocycles. The molecule has 0 saturated carbocycles. The van der Waals surface area contributed by atoms with Crippen molar-refractivity contribution >= 4 is 45.0 Å². The van der Waals surface area contributed by atoms with Crippen LogP contribution in [0.2, 0.25) is 10.0 Å². The summed E-state index contributed by atoms with van der Waals surface area (Å²) < 4.78 is 41.9. The van der Waals surface area contributed by atoms with Gasteiger partial charge >= 0.3 is 0 Å². The summed E-state index contributed by atoms with van der Waals surface area (Å²) in [6.07, 6.45) is 1.35. The monoisotopic (exact) mass is 502 g/mol. The third-order valence-electron chi connectivity index (χ3n) is 4.35. The van der Waals surface area contributed by atoms with Gasteiger partial charge in [-0.05, 0) is 42.3 Å². The smallest absolute Gasteiger partial charge is 0.212 e. The van der Waals surface area contributed by atoms with Gasteiger partial charge in [-0.2, -0.15) is 0 Å². The van der Waals surface area contributed by atoms with Crippen molar-refractivity contribution in [1.82, 2.24) is 19.5 Å². The van der Waals surface area contributed by atoms with Gasteiger partial charge in [0.15, 0.2) is 11.0 Å². The SMILES string of the molecule is CCCCS(=O)(=O)NCc1nnc(SCc2ccc(F)cc2)n1-c1ccc(Cl)cc1Cl. The summed E-state index contributed by atoms with van der Waals surface area (Å²) >= 11 is 13.8. The summed E-state index contributed by atoms with van der Waals surface area (Å²) in [5.74, 6) is 0.658. The Bertz CT molecular complexity index is 1140. The fourth-order valence-corrected chi connectivity index (χ4v) is 5.30. The summed E-state index contributed by atoms with van der Waals surface area (Å²) in [7, 11) is -3.44. The Morgan fingerprint density at radius 3 is 2.55 bits per heavy atom. The molecule has 0 unspecified atom stereocenters. The predicted octanol–water partition coefficient (Wildman–Crippen LogP) is 5.23. The van der Waals surface area contributed by atoms with Gasteiger partial charge in [0, 0.05) is 10.8 Å². The number of nitrogens with zero attached hydrogens (tertiary/aromatic N) is 3.